The molecule has 0 bridgehead atoms. The number of alkyl carbamates (subject to hydrolysis) is 1. The zero-order chi connectivity index (χ0) is 17.6. The molecule has 0 fully saturated rings. The van der Waals surface area contributed by atoms with Crippen LogP contribution in [0.3, 0.4) is 0 Å². The van der Waals surface area contributed by atoms with Crippen LogP contribution >= 0.6 is 0 Å². The molecule has 1 aromatic carbocycles. The highest BCUT2D eigenvalue weighted by Crippen LogP contribution is 2.18. The van der Waals surface area contributed by atoms with E-state index in [0.717, 1.165) is 12.1 Å². The van der Waals surface area contributed by atoms with Gasteiger partial charge in [-0.25, -0.2) is 13.6 Å². The minimum absolute atomic E-state index is 0.163. The minimum atomic E-state index is -0.562. The predicted molar refractivity (Wildman–Crippen MR) is 86.2 cm³/mol. The fourth-order valence-corrected chi connectivity index (χ4v) is 2.05. The van der Waals surface area contributed by atoms with Crippen molar-refractivity contribution in [2.75, 3.05) is 6.54 Å². The van der Waals surface area contributed by atoms with Crippen LogP contribution < -0.4 is 10.6 Å². The topological polar surface area (TPSA) is 50.4 Å². The summed E-state index contributed by atoms with van der Waals surface area (Å²) in [6, 6.07) is 2.84. The quantitative estimate of drug-likeness (QED) is 0.832. The van der Waals surface area contributed by atoms with Crippen LogP contribution in [0.1, 0.15) is 52.6 Å². The summed E-state index contributed by atoms with van der Waals surface area (Å²) in [5, 5.41) is 5.87. The molecule has 2 unspecified atom stereocenters. The van der Waals surface area contributed by atoms with Crippen molar-refractivity contribution >= 4 is 6.09 Å². The lowest BCUT2D eigenvalue weighted by molar-refractivity contribution is 0.0502. The van der Waals surface area contributed by atoms with Gasteiger partial charge in [0, 0.05) is 24.2 Å². The molecule has 0 radical (unpaired) electrons. The molecule has 0 heterocycles. The van der Waals surface area contributed by atoms with Crippen LogP contribution in [0.4, 0.5) is 13.6 Å². The number of carbonyl (C=O) groups is 1. The first-order valence-electron chi connectivity index (χ1n) is 7.80. The van der Waals surface area contributed by atoms with Gasteiger partial charge in [0.25, 0.3) is 0 Å². The molecular weight excluding hydrogens is 302 g/mol. The number of rotatable bonds is 6. The molecule has 0 spiro atoms. The van der Waals surface area contributed by atoms with E-state index < -0.39 is 23.3 Å². The van der Waals surface area contributed by atoms with Crippen LogP contribution in [0.25, 0.3) is 0 Å². The minimum Gasteiger partial charge on any atom is -0.444 e. The molecule has 0 saturated carbocycles. The monoisotopic (exact) mass is 328 g/mol. The fourth-order valence-electron chi connectivity index (χ4n) is 2.05. The second-order valence-corrected chi connectivity index (χ2v) is 6.55. The number of amides is 1. The van der Waals surface area contributed by atoms with Gasteiger partial charge in [0.15, 0.2) is 0 Å². The molecule has 0 aliphatic heterocycles. The van der Waals surface area contributed by atoms with Crippen LogP contribution in [0.5, 0.6) is 0 Å². The number of hydrogen-bond donors (Lipinski definition) is 2. The Balaban J connectivity index is 2.56. The maximum absolute atomic E-state index is 13.7. The Morgan fingerprint density at radius 3 is 2.52 bits per heavy atom. The summed E-state index contributed by atoms with van der Waals surface area (Å²) in [5.41, 5.74) is -0.300. The summed E-state index contributed by atoms with van der Waals surface area (Å²) in [6.45, 7) is 9.48. The molecule has 0 aliphatic carbocycles. The van der Waals surface area contributed by atoms with Gasteiger partial charge in [-0.2, -0.15) is 0 Å². The van der Waals surface area contributed by atoms with Gasteiger partial charge in [-0.1, -0.05) is 6.92 Å². The maximum Gasteiger partial charge on any atom is 0.407 e. The Morgan fingerprint density at radius 1 is 1.30 bits per heavy atom. The van der Waals surface area contributed by atoms with Crippen LogP contribution in [-0.4, -0.2) is 24.3 Å². The molecule has 4 nitrogen and oxygen atoms in total. The zero-order valence-electron chi connectivity index (χ0n) is 14.4. The van der Waals surface area contributed by atoms with Gasteiger partial charge in [-0.15, -0.1) is 0 Å². The zero-order valence-corrected chi connectivity index (χ0v) is 14.4. The van der Waals surface area contributed by atoms with Crippen molar-refractivity contribution < 1.29 is 18.3 Å². The van der Waals surface area contributed by atoms with Gasteiger partial charge in [-0.3, -0.25) is 0 Å². The third-order valence-corrected chi connectivity index (χ3v) is 3.31. The average Bonchev–Trinajstić information content (AvgIpc) is 2.43. The molecule has 1 aromatic rings. The first-order valence-corrected chi connectivity index (χ1v) is 7.80. The number of nitrogens with one attached hydrogen (secondary N) is 2. The van der Waals surface area contributed by atoms with Crippen LogP contribution in [0.2, 0.25) is 0 Å². The maximum atomic E-state index is 13.7. The molecule has 2 N–H and O–H groups in total. The van der Waals surface area contributed by atoms with Crippen molar-refractivity contribution in [3.8, 4) is 0 Å². The van der Waals surface area contributed by atoms with Crippen molar-refractivity contribution in [2.45, 2.75) is 58.7 Å². The van der Waals surface area contributed by atoms with Gasteiger partial charge in [0.05, 0.1) is 0 Å². The summed E-state index contributed by atoms with van der Waals surface area (Å²) >= 11 is 0. The van der Waals surface area contributed by atoms with E-state index in [9.17, 15) is 13.6 Å². The summed E-state index contributed by atoms with van der Waals surface area (Å²) in [4.78, 5) is 11.8. The Morgan fingerprint density at radius 2 is 1.96 bits per heavy atom. The standard InChI is InChI=1S/C17H26F2N2O2/c1-6-13(21-16(22)23-17(3,4)5)10-20-11(2)14-9-12(18)7-8-15(14)19/h7-9,11,13,20H,6,10H2,1-5H3,(H,21,22). The van der Waals surface area contributed by atoms with Gasteiger partial charge in [0.1, 0.15) is 17.2 Å². The van der Waals surface area contributed by atoms with Gasteiger partial charge < -0.3 is 15.4 Å². The third kappa shape index (κ3) is 6.95. The molecule has 130 valence electrons. The van der Waals surface area contributed by atoms with Crippen LogP contribution in [-0.2, 0) is 4.74 Å². The normalized spacial score (nSPS) is 14.2. The summed E-state index contributed by atoms with van der Waals surface area (Å²) in [5.74, 6) is -0.937. The number of hydrogen-bond acceptors (Lipinski definition) is 3. The first kappa shape index (κ1) is 19.4. The number of carbonyl (C=O) groups excluding carboxylic acids is 1. The second kappa shape index (κ2) is 8.24. The molecule has 1 amide bonds. The lowest BCUT2D eigenvalue weighted by atomic mass is 10.1. The van der Waals surface area contributed by atoms with E-state index >= 15 is 0 Å². The molecule has 1 rings (SSSR count). The molecule has 0 aromatic heterocycles. The van der Waals surface area contributed by atoms with Crippen molar-refractivity contribution in [2.24, 2.45) is 0 Å². The molecular formula is C17H26F2N2O2. The first-order chi connectivity index (χ1) is 10.6. The average molecular weight is 328 g/mol. The second-order valence-electron chi connectivity index (χ2n) is 6.55. The number of ether oxygens (including phenoxy) is 1. The largest absolute Gasteiger partial charge is 0.444 e. The molecule has 0 aliphatic rings. The highest BCUT2D eigenvalue weighted by atomic mass is 19.1. The van der Waals surface area contributed by atoms with E-state index in [1.165, 1.54) is 6.07 Å². The van der Waals surface area contributed by atoms with E-state index in [1.807, 2.05) is 6.92 Å². The third-order valence-electron chi connectivity index (χ3n) is 3.31. The molecule has 23 heavy (non-hydrogen) atoms. The van der Waals surface area contributed by atoms with E-state index in [1.54, 1.807) is 27.7 Å². The van der Waals surface area contributed by atoms with Crippen molar-refractivity contribution in [1.29, 1.82) is 0 Å². The van der Waals surface area contributed by atoms with E-state index in [0.29, 0.717) is 13.0 Å². The van der Waals surface area contributed by atoms with E-state index in [4.69, 9.17) is 4.74 Å². The van der Waals surface area contributed by atoms with Gasteiger partial charge in [0.2, 0.25) is 0 Å². The fraction of sp³-hybridized carbons (Fsp3) is 0.588. The molecule has 0 saturated heterocycles. The van der Waals surface area contributed by atoms with Crippen LogP contribution in [0.15, 0.2) is 18.2 Å². The lowest BCUT2D eigenvalue weighted by Gasteiger charge is -2.24. The summed E-state index contributed by atoms with van der Waals surface area (Å²) in [6.07, 6.45) is 0.195. The lowest BCUT2D eigenvalue weighted by Crippen LogP contribution is -2.44. The van der Waals surface area contributed by atoms with E-state index in [-0.39, 0.29) is 17.6 Å². The summed E-state index contributed by atoms with van der Waals surface area (Å²) in [7, 11) is 0. The van der Waals surface area contributed by atoms with Crippen molar-refractivity contribution in [1.82, 2.24) is 10.6 Å². The van der Waals surface area contributed by atoms with Crippen molar-refractivity contribution in [3.63, 3.8) is 0 Å². The highest BCUT2D eigenvalue weighted by molar-refractivity contribution is 5.68. The highest BCUT2D eigenvalue weighted by Gasteiger charge is 2.19. The summed E-state index contributed by atoms with van der Waals surface area (Å²) < 4.78 is 32.2. The molecule has 6 heteroatoms. The van der Waals surface area contributed by atoms with E-state index in [2.05, 4.69) is 10.6 Å². The van der Waals surface area contributed by atoms with Crippen LogP contribution in [0, 0.1) is 11.6 Å². The SMILES string of the molecule is CCC(CNC(C)c1cc(F)ccc1F)NC(=O)OC(C)(C)C. The predicted octanol–water partition coefficient (Wildman–Crippen LogP) is 3.92. The Hall–Kier alpha value is -1.69. The molecule has 2 atom stereocenters. The Kier molecular flexibility index (Phi) is 6.94. The van der Waals surface area contributed by atoms with Gasteiger partial charge >= 0.3 is 6.09 Å². The van der Waals surface area contributed by atoms with Gasteiger partial charge in [-0.05, 0) is 52.3 Å². The number of benzene rings is 1. The Bertz CT molecular complexity index is 530. The van der Waals surface area contributed by atoms with Crippen molar-refractivity contribution in [3.05, 3.63) is 35.4 Å². The number of halogens is 2. The Labute approximate surface area is 136 Å². The smallest absolute Gasteiger partial charge is 0.407 e.